The molecule has 18 heavy (non-hydrogen) atoms. The Labute approximate surface area is 107 Å². The summed E-state index contributed by atoms with van der Waals surface area (Å²) in [5.41, 5.74) is 3.64. The highest BCUT2D eigenvalue weighted by Gasteiger charge is 2.22. The van der Waals surface area contributed by atoms with E-state index in [4.69, 9.17) is 0 Å². The SMILES string of the molecule is CC(C)N1Cc2cnn(C)c2Nc2ccccc21. The summed E-state index contributed by atoms with van der Waals surface area (Å²) in [5, 5.41) is 7.83. The van der Waals surface area contributed by atoms with Crippen molar-refractivity contribution in [1.82, 2.24) is 9.78 Å². The maximum Gasteiger partial charge on any atom is 0.133 e. The molecule has 1 aromatic heterocycles. The van der Waals surface area contributed by atoms with E-state index in [2.05, 4.69) is 53.4 Å². The van der Waals surface area contributed by atoms with Gasteiger partial charge in [-0.15, -0.1) is 0 Å². The van der Waals surface area contributed by atoms with Gasteiger partial charge in [-0.3, -0.25) is 4.68 Å². The van der Waals surface area contributed by atoms with E-state index in [1.54, 1.807) is 0 Å². The second kappa shape index (κ2) is 4.05. The minimum atomic E-state index is 0.458. The van der Waals surface area contributed by atoms with Gasteiger partial charge in [-0.25, -0.2) is 0 Å². The summed E-state index contributed by atoms with van der Waals surface area (Å²) >= 11 is 0. The molecule has 1 N–H and O–H groups in total. The first-order valence-corrected chi connectivity index (χ1v) is 6.30. The first-order valence-electron chi connectivity index (χ1n) is 6.30. The fourth-order valence-corrected chi connectivity index (χ4v) is 2.45. The molecule has 0 amide bonds. The lowest BCUT2D eigenvalue weighted by Crippen LogP contribution is -2.29. The topological polar surface area (TPSA) is 33.1 Å². The Bertz CT molecular complexity index is 571. The number of benzene rings is 1. The second-order valence-corrected chi connectivity index (χ2v) is 5.01. The largest absolute Gasteiger partial charge is 0.363 e. The Morgan fingerprint density at radius 3 is 2.83 bits per heavy atom. The molecule has 0 fully saturated rings. The highest BCUT2D eigenvalue weighted by atomic mass is 15.3. The van der Waals surface area contributed by atoms with Gasteiger partial charge < -0.3 is 10.2 Å². The Kier molecular flexibility index (Phi) is 2.51. The van der Waals surface area contributed by atoms with Crippen molar-refractivity contribution in [2.75, 3.05) is 10.2 Å². The number of anilines is 3. The average Bonchev–Trinajstić information content (AvgIpc) is 2.61. The third-order valence-electron chi connectivity index (χ3n) is 3.45. The zero-order valence-electron chi connectivity index (χ0n) is 11.0. The third kappa shape index (κ3) is 1.65. The minimum absolute atomic E-state index is 0.458. The number of aryl methyl sites for hydroxylation is 1. The van der Waals surface area contributed by atoms with Crippen LogP contribution in [0.25, 0.3) is 0 Å². The van der Waals surface area contributed by atoms with Gasteiger partial charge in [-0.05, 0) is 26.0 Å². The first-order chi connectivity index (χ1) is 8.66. The molecule has 0 atom stereocenters. The molecule has 0 bridgehead atoms. The lowest BCUT2D eigenvalue weighted by molar-refractivity contribution is 0.686. The van der Waals surface area contributed by atoms with Gasteiger partial charge in [0.05, 0.1) is 17.6 Å². The number of aromatic nitrogens is 2. The molecule has 2 aromatic rings. The van der Waals surface area contributed by atoms with Gasteiger partial charge in [0, 0.05) is 25.2 Å². The van der Waals surface area contributed by atoms with E-state index in [-0.39, 0.29) is 0 Å². The predicted molar refractivity (Wildman–Crippen MR) is 74.3 cm³/mol. The predicted octanol–water partition coefficient (Wildman–Crippen LogP) is 2.89. The van der Waals surface area contributed by atoms with E-state index < -0.39 is 0 Å². The van der Waals surface area contributed by atoms with E-state index in [1.165, 1.54) is 11.3 Å². The molecular weight excluding hydrogens is 224 g/mol. The standard InChI is InChI=1S/C14H18N4/c1-10(2)18-9-11-8-15-17(3)14(11)16-12-6-4-5-7-13(12)18/h4-8,10,16H,9H2,1-3H3. The summed E-state index contributed by atoms with van der Waals surface area (Å²) < 4.78 is 1.90. The summed E-state index contributed by atoms with van der Waals surface area (Å²) in [6, 6.07) is 8.89. The van der Waals surface area contributed by atoms with E-state index >= 15 is 0 Å². The van der Waals surface area contributed by atoms with Crippen LogP contribution in [-0.4, -0.2) is 15.8 Å². The van der Waals surface area contributed by atoms with Crippen LogP contribution in [0.5, 0.6) is 0 Å². The van der Waals surface area contributed by atoms with Gasteiger partial charge >= 0.3 is 0 Å². The molecule has 0 unspecified atom stereocenters. The Balaban J connectivity index is 2.15. The first kappa shape index (κ1) is 11.1. The highest BCUT2D eigenvalue weighted by Crippen LogP contribution is 2.36. The number of fused-ring (bicyclic) bond motifs is 2. The molecule has 1 aliphatic rings. The van der Waals surface area contributed by atoms with Crippen LogP contribution in [0.3, 0.4) is 0 Å². The van der Waals surface area contributed by atoms with Crippen LogP contribution in [0.4, 0.5) is 17.2 Å². The quantitative estimate of drug-likeness (QED) is 0.834. The van der Waals surface area contributed by atoms with Crippen LogP contribution in [0.15, 0.2) is 30.5 Å². The van der Waals surface area contributed by atoms with E-state index in [0.717, 1.165) is 18.1 Å². The van der Waals surface area contributed by atoms with Gasteiger partial charge in [-0.2, -0.15) is 5.10 Å². The van der Waals surface area contributed by atoms with Crippen LogP contribution >= 0.6 is 0 Å². The van der Waals surface area contributed by atoms with Gasteiger partial charge in [0.2, 0.25) is 0 Å². The molecule has 3 rings (SSSR count). The van der Waals surface area contributed by atoms with Gasteiger partial charge in [-0.1, -0.05) is 12.1 Å². The molecule has 4 nitrogen and oxygen atoms in total. The van der Waals surface area contributed by atoms with Gasteiger partial charge in [0.25, 0.3) is 0 Å². The van der Waals surface area contributed by atoms with Crippen molar-refractivity contribution < 1.29 is 0 Å². The number of hydrogen-bond acceptors (Lipinski definition) is 3. The van der Waals surface area contributed by atoms with Crippen molar-refractivity contribution in [2.45, 2.75) is 26.4 Å². The highest BCUT2D eigenvalue weighted by molar-refractivity contribution is 5.77. The zero-order valence-corrected chi connectivity index (χ0v) is 11.0. The van der Waals surface area contributed by atoms with Crippen molar-refractivity contribution in [2.24, 2.45) is 7.05 Å². The molecule has 1 aliphatic heterocycles. The molecule has 0 saturated heterocycles. The fraction of sp³-hybridized carbons (Fsp3) is 0.357. The number of hydrogen-bond donors (Lipinski definition) is 1. The van der Waals surface area contributed by atoms with Crippen LogP contribution < -0.4 is 10.2 Å². The van der Waals surface area contributed by atoms with Crippen molar-refractivity contribution in [1.29, 1.82) is 0 Å². The number of para-hydroxylation sites is 2. The minimum Gasteiger partial charge on any atom is -0.363 e. The third-order valence-corrected chi connectivity index (χ3v) is 3.45. The van der Waals surface area contributed by atoms with Gasteiger partial charge in [0.1, 0.15) is 5.82 Å². The maximum atomic E-state index is 4.33. The maximum absolute atomic E-state index is 4.33. The lowest BCUT2D eigenvalue weighted by Gasteiger charge is -2.28. The molecule has 0 saturated carbocycles. The van der Waals surface area contributed by atoms with Crippen molar-refractivity contribution in [3.05, 3.63) is 36.0 Å². The van der Waals surface area contributed by atoms with Crippen LogP contribution in [0.1, 0.15) is 19.4 Å². The zero-order chi connectivity index (χ0) is 12.7. The summed E-state index contributed by atoms with van der Waals surface area (Å²) in [5.74, 6) is 1.09. The molecule has 0 spiro atoms. The summed E-state index contributed by atoms with van der Waals surface area (Å²) in [6.45, 7) is 5.33. The average molecular weight is 242 g/mol. The molecule has 0 aliphatic carbocycles. The fourth-order valence-electron chi connectivity index (χ4n) is 2.45. The van der Waals surface area contributed by atoms with Crippen molar-refractivity contribution in [3.63, 3.8) is 0 Å². The van der Waals surface area contributed by atoms with E-state index in [9.17, 15) is 0 Å². The second-order valence-electron chi connectivity index (χ2n) is 5.01. The summed E-state index contributed by atoms with van der Waals surface area (Å²) in [6.07, 6.45) is 1.95. The monoisotopic (exact) mass is 242 g/mol. The van der Waals surface area contributed by atoms with Gasteiger partial charge in [0.15, 0.2) is 0 Å². The number of nitrogens with zero attached hydrogens (tertiary/aromatic N) is 3. The molecule has 2 heterocycles. The normalized spacial score (nSPS) is 13.9. The molecule has 4 heteroatoms. The summed E-state index contributed by atoms with van der Waals surface area (Å²) in [4.78, 5) is 2.40. The lowest BCUT2D eigenvalue weighted by atomic mass is 10.2. The molecule has 1 aromatic carbocycles. The van der Waals surface area contributed by atoms with E-state index in [0.29, 0.717) is 6.04 Å². The van der Waals surface area contributed by atoms with Crippen molar-refractivity contribution >= 4 is 17.2 Å². The summed E-state index contributed by atoms with van der Waals surface area (Å²) in [7, 11) is 1.97. The molecule has 0 radical (unpaired) electrons. The smallest absolute Gasteiger partial charge is 0.133 e. The molecular formula is C14H18N4. The molecule has 94 valence electrons. The number of nitrogens with one attached hydrogen (secondary N) is 1. The van der Waals surface area contributed by atoms with Crippen LogP contribution in [0.2, 0.25) is 0 Å². The van der Waals surface area contributed by atoms with Crippen LogP contribution in [0, 0.1) is 0 Å². The van der Waals surface area contributed by atoms with Crippen LogP contribution in [-0.2, 0) is 13.6 Å². The Hall–Kier alpha value is -1.97. The van der Waals surface area contributed by atoms with E-state index in [1.807, 2.05) is 17.9 Å². The van der Waals surface area contributed by atoms with Crippen molar-refractivity contribution in [3.8, 4) is 0 Å². The number of rotatable bonds is 1. The Morgan fingerprint density at radius 2 is 2.06 bits per heavy atom. The Morgan fingerprint density at radius 1 is 1.28 bits per heavy atom.